The molecule has 4 aromatic rings. The van der Waals surface area contributed by atoms with Gasteiger partial charge in [0.15, 0.2) is 5.82 Å². The third kappa shape index (κ3) is 4.05. The van der Waals surface area contributed by atoms with Crippen LogP contribution in [-0.4, -0.2) is 54.7 Å². The van der Waals surface area contributed by atoms with E-state index in [0.717, 1.165) is 71.7 Å². The van der Waals surface area contributed by atoms with E-state index < -0.39 is 0 Å². The van der Waals surface area contributed by atoms with Gasteiger partial charge in [-0.3, -0.25) is 0 Å². The Morgan fingerprint density at radius 3 is 2.20 bits per heavy atom. The van der Waals surface area contributed by atoms with Crippen molar-refractivity contribution in [2.24, 2.45) is 0 Å². The van der Waals surface area contributed by atoms with Crippen LogP contribution in [0.15, 0.2) is 48.5 Å². The zero-order chi connectivity index (χ0) is 24.5. The van der Waals surface area contributed by atoms with E-state index in [1.54, 1.807) is 7.11 Å². The van der Waals surface area contributed by atoms with Gasteiger partial charge in [-0.05, 0) is 52.0 Å². The molecule has 2 aromatic carbocycles. The van der Waals surface area contributed by atoms with E-state index in [0.29, 0.717) is 6.61 Å². The standard InChI is InChI=1S/C28H33N5O2/c1-6-35-23-12-13-24(25(18-23)34-5)33-20(3)26-19(2)29-30-28(27(26)21(33)4)32-16-14-31(15-17-32)22-10-8-7-9-11-22/h7-13,18H,6,14-17H2,1-5H3. The fraction of sp³-hybridized carbons (Fsp3) is 0.357. The van der Waals surface area contributed by atoms with Crippen molar-refractivity contribution in [2.75, 3.05) is 49.7 Å². The van der Waals surface area contributed by atoms with Gasteiger partial charge in [0.25, 0.3) is 0 Å². The van der Waals surface area contributed by atoms with Crippen molar-refractivity contribution in [1.29, 1.82) is 0 Å². The maximum absolute atomic E-state index is 5.78. The van der Waals surface area contributed by atoms with Crippen molar-refractivity contribution >= 4 is 22.3 Å². The first-order chi connectivity index (χ1) is 17.0. The molecule has 0 unspecified atom stereocenters. The Hall–Kier alpha value is -3.74. The molecule has 0 bridgehead atoms. The number of rotatable bonds is 6. The fourth-order valence-corrected chi connectivity index (χ4v) is 5.27. The van der Waals surface area contributed by atoms with Crippen LogP contribution in [0.2, 0.25) is 0 Å². The first-order valence-corrected chi connectivity index (χ1v) is 12.2. The number of para-hydroxylation sites is 1. The number of benzene rings is 2. The maximum atomic E-state index is 5.78. The minimum Gasteiger partial charge on any atom is -0.494 e. The smallest absolute Gasteiger partial charge is 0.161 e. The highest BCUT2D eigenvalue weighted by Crippen LogP contribution is 2.38. The molecule has 1 saturated heterocycles. The first-order valence-electron chi connectivity index (χ1n) is 12.2. The average Bonchev–Trinajstić information content (AvgIpc) is 3.16. The second kappa shape index (κ2) is 9.49. The number of fused-ring (bicyclic) bond motifs is 1. The minimum absolute atomic E-state index is 0.616. The zero-order valence-electron chi connectivity index (χ0n) is 21.2. The highest BCUT2D eigenvalue weighted by atomic mass is 16.5. The van der Waals surface area contributed by atoms with E-state index in [-0.39, 0.29) is 0 Å². The first kappa shape index (κ1) is 23.0. The second-order valence-corrected chi connectivity index (χ2v) is 8.94. The molecule has 3 heterocycles. The van der Waals surface area contributed by atoms with E-state index in [9.17, 15) is 0 Å². The lowest BCUT2D eigenvalue weighted by atomic mass is 10.1. The van der Waals surface area contributed by atoms with Crippen molar-refractivity contribution < 1.29 is 9.47 Å². The molecule has 7 nitrogen and oxygen atoms in total. The van der Waals surface area contributed by atoms with Crippen molar-refractivity contribution in [2.45, 2.75) is 27.7 Å². The summed E-state index contributed by atoms with van der Waals surface area (Å²) in [6, 6.07) is 16.6. The molecular weight excluding hydrogens is 438 g/mol. The topological polar surface area (TPSA) is 55.7 Å². The molecule has 7 heteroatoms. The molecule has 5 rings (SSSR count). The van der Waals surface area contributed by atoms with Gasteiger partial charge < -0.3 is 23.8 Å². The van der Waals surface area contributed by atoms with Crippen LogP contribution in [-0.2, 0) is 0 Å². The third-order valence-corrected chi connectivity index (χ3v) is 6.93. The van der Waals surface area contributed by atoms with E-state index >= 15 is 0 Å². The van der Waals surface area contributed by atoms with Gasteiger partial charge in [0.1, 0.15) is 11.5 Å². The van der Waals surface area contributed by atoms with Gasteiger partial charge in [-0.1, -0.05) is 18.2 Å². The number of methoxy groups -OCH3 is 1. The van der Waals surface area contributed by atoms with Gasteiger partial charge in [-0.2, -0.15) is 5.10 Å². The largest absolute Gasteiger partial charge is 0.494 e. The van der Waals surface area contributed by atoms with Gasteiger partial charge in [0.2, 0.25) is 0 Å². The molecule has 1 aliphatic rings. The van der Waals surface area contributed by atoms with E-state index in [4.69, 9.17) is 14.6 Å². The molecule has 35 heavy (non-hydrogen) atoms. The molecule has 0 radical (unpaired) electrons. The molecule has 0 amide bonds. The number of aryl methyl sites for hydroxylation is 3. The Bertz CT molecular complexity index is 1340. The summed E-state index contributed by atoms with van der Waals surface area (Å²) in [6.45, 7) is 12.7. The van der Waals surface area contributed by atoms with Gasteiger partial charge >= 0.3 is 0 Å². The Labute approximate surface area is 206 Å². The van der Waals surface area contributed by atoms with Crippen molar-refractivity contribution in [3.05, 3.63) is 65.6 Å². The highest BCUT2D eigenvalue weighted by molar-refractivity contribution is 5.99. The molecular formula is C28H33N5O2. The zero-order valence-corrected chi connectivity index (χ0v) is 21.2. The molecule has 1 fully saturated rings. The van der Waals surface area contributed by atoms with E-state index in [2.05, 4.69) is 69.7 Å². The third-order valence-electron chi connectivity index (χ3n) is 6.93. The second-order valence-electron chi connectivity index (χ2n) is 8.94. The van der Waals surface area contributed by atoms with Crippen molar-refractivity contribution in [1.82, 2.24) is 14.8 Å². The van der Waals surface area contributed by atoms with Crippen LogP contribution in [0.25, 0.3) is 16.5 Å². The predicted molar refractivity (Wildman–Crippen MR) is 142 cm³/mol. The predicted octanol–water partition coefficient (Wildman–Crippen LogP) is 5.08. The maximum Gasteiger partial charge on any atom is 0.161 e. The number of aromatic nitrogens is 3. The molecule has 0 spiro atoms. The quantitative estimate of drug-likeness (QED) is 0.391. The highest BCUT2D eigenvalue weighted by Gasteiger charge is 2.26. The van der Waals surface area contributed by atoms with Gasteiger partial charge in [-0.15, -0.1) is 5.10 Å². The van der Waals surface area contributed by atoms with Gasteiger partial charge in [0.05, 0.1) is 25.1 Å². The number of anilines is 2. The normalized spacial score (nSPS) is 14.0. The van der Waals surface area contributed by atoms with Crippen LogP contribution in [0.3, 0.4) is 0 Å². The number of ether oxygens (including phenoxy) is 2. The lowest BCUT2D eigenvalue weighted by molar-refractivity contribution is 0.336. The Morgan fingerprint density at radius 1 is 0.829 bits per heavy atom. The Balaban J connectivity index is 1.55. The van der Waals surface area contributed by atoms with Gasteiger partial charge in [0, 0.05) is 60.1 Å². The van der Waals surface area contributed by atoms with Gasteiger partial charge in [-0.25, -0.2) is 0 Å². The number of hydrogen-bond acceptors (Lipinski definition) is 6. The molecule has 0 saturated carbocycles. The summed E-state index contributed by atoms with van der Waals surface area (Å²) < 4.78 is 13.7. The molecule has 0 N–H and O–H groups in total. The molecule has 0 atom stereocenters. The molecule has 0 aliphatic carbocycles. The summed E-state index contributed by atoms with van der Waals surface area (Å²) in [6.07, 6.45) is 0. The van der Waals surface area contributed by atoms with Crippen LogP contribution in [0, 0.1) is 20.8 Å². The number of hydrogen-bond donors (Lipinski definition) is 0. The summed E-state index contributed by atoms with van der Waals surface area (Å²) in [7, 11) is 1.70. The lowest BCUT2D eigenvalue weighted by Crippen LogP contribution is -2.47. The van der Waals surface area contributed by atoms with Crippen molar-refractivity contribution in [3.63, 3.8) is 0 Å². The summed E-state index contributed by atoms with van der Waals surface area (Å²) in [4.78, 5) is 4.81. The Morgan fingerprint density at radius 2 is 1.51 bits per heavy atom. The summed E-state index contributed by atoms with van der Waals surface area (Å²) >= 11 is 0. The Kier molecular flexibility index (Phi) is 6.24. The molecule has 1 aliphatic heterocycles. The van der Waals surface area contributed by atoms with Crippen LogP contribution < -0.4 is 19.3 Å². The minimum atomic E-state index is 0.616. The van der Waals surface area contributed by atoms with E-state index in [1.165, 1.54) is 11.1 Å². The van der Waals surface area contributed by atoms with Crippen LogP contribution >= 0.6 is 0 Å². The SMILES string of the molecule is CCOc1ccc(-n2c(C)c3c(C)nnc(N4CCN(c5ccccc5)CC4)c3c2C)c(OC)c1. The number of piperazine rings is 1. The average molecular weight is 472 g/mol. The lowest BCUT2D eigenvalue weighted by Gasteiger charge is -2.36. The van der Waals surface area contributed by atoms with Crippen LogP contribution in [0.5, 0.6) is 11.5 Å². The molecule has 2 aromatic heterocycles. The van der Waals surface area contributed by atoms with Crippen molar-refractivity contribution in [3.8, 4) is 17.2 Å². The van der Waals surface area contributed by atoms with Crippen LogP contribution in [0.4, 0.5) is 11.5 Å². The molecule has 182 valence electrons. The number of nitrogens with zero attached hydrogens (tertiary/aromatic N) is 5. The van der Waals surface area contributed by atoms with E-state index in [1.807, 2.05) is 26.0 Å². The summed E-state index contributed by atoms with van der Waals surface area (Å²) in [5.74, 6) is 2.54. The monoisotopic (exact) mass is 471 g/mol. The summed E-state index contributed by atoms with van der Waals surface area (Å²) in [5, 5.41) is 11.6. The summed E-state index contributed by atoms with van der Waals surface area (Å²) in [5.41, 5.74) is 5.47. The van der Waals surface area contributed by atoms with Crippen LogP contribution in [0.1, 0.15) is 24.0 Å². The fourth-order valence-electron chi connectivity index (χ4n) is 5.27.